The van der Waals surface area contributed by atoms with Crippen molar-refractivity contribution >= 4 is 23.2 Å². The minimum absolute atomic E-state index is 0.130. The summed E-state index contributed by atoms with van der Waals surface area (Å²) in [4.78, 5) is 15.5. The number of benzene rings is 1. The van der Waals surface area contributed by atoms with Crippen molar-refractivity contribution in [2.45, 2.75) is 6.92 Å². The molecule has 1 aromatic carbocycles. The highest BCUT2D eigenvalue weighted by molar-refractivity contribution is 6.33. The molecule has 0 saturated carbocycles. The van der Waals surface area contributed by atoms with Gasteiger partial charge in [-0.1, -0.05) is 11.6 Å². The van der Waals surface area contributed by atoms with Crippen molar-refractivity contribution in [3.05, 3.63) is 46.7 Å². The van der Waals surface area contributed by atoms with Crippen molar-refractivity contribution in [2.75, 3.05) is 5.73 Å². The first-order valence-electron chi connectivity index (χ1n) is 5.46. The molecule has 1 amide bonds. The van der Waals surface area contributed by atoms with Gasteiger partial charge in [-0.2, -0.15) is 0 Å². The average molecular weight is 278 g/mol. The van der Waals surface area contributed by atoms with Gasteiger partial charge in [0.05, 0.1) is 16.8 Å². The number of halogens is 1. The predicted octanol–water partition coefficient (Wildman–Crippen LogP) is 2.52. The summed E-state index contributed by atoms with van der Waals surface area (Å²) in [7, 11) is 0. The third-order valence-corrected chi connectivity index (χ3v) is 2.72. The summed E-state index contributed by atoms with van der Waals surface area (Å²) in [5, 5.41) is 0.217. The number of carbonyl (C=O) groups is 1. The molecule has 2 aromatic rings. The molecule has 0 aliphatic carbocycles. The fraction of sp³-hybridized carbons (Fsp3) is 0.0769. The highest BCUT2D eigenvalue weighted by Gasteiger charge is 2.15. The quantitative estimate of drug-likeness (QED) is 0.843. The number of amides is 1. The Morgan fingerprint density at radius 1 is 1.37 bits per heavy atom. The number of carbonyl (C=O) groups excluding carboxylic acids is 1. The number of nitrogens with zero attached hydrogens (tertiary/aromatic N) is 1. The number of primary amides is 1. The maximum absolute atomic E-state index is 11.4. The zero-order valence-electron chi connectivity index (χ0n) is 10.2. The van der Waals surface area contributed by atoms with Crippen LogP contribution in [-0.2, 0) is 0 Å². The fourth-order valence-corrected chi connectivity index (χ4v) is 1.80. The number of rotatable bonds is 3. The Labute approximate surface area is 115 Å². The monoisotopic (exact) mass is 277 g/mol. The molecule has 4 N–H and O–H groups in total. The lowest BCUT2D eigenvalue weighted by Crippen LogP contribution is -2.13. The molecular weight excluding hydrogens is 266 g/mol. The number of nitrogen functional groups attached to an aromatic ring is 1. The summed E-state index contributed by atoms with van der Waals surface area (Å²) in [5.74, 6) is -0.0296. The normalized spacial score (nSPS) is 10.2. The Balaban J connectivity index is 2.44. The zero-order chi connectivity index (χ0) is 14.0. The number of pyridine rings is 1. The Morgan fingerprint density at radius 3 is 2.68 bits per heavy atom. The van der Waals surface area contributed by atoms with Gasteiger partial charge in [-0.15, -0.1) is 0 Å². The zero-order valence-corrected chi connectivity index (χ0v) is 10.9. The van der Waals surface area contributed by atoms with Gasteiger partial charge in [0.1, 0.15) is 5.75 Å². The number of aromatic nitrogens is 1. The van der Waals surface area contributed by atoms with E-state index in [0.29, 0.717) is 11.4 Å². The van der Waals surface area contributed by atoms with E-state index < -0.39 is 5.91 Å². The maximum Gasteiger partial charge on any atom is 0.252 e. The molecule has 5 nitrogen and oxygen atoms in total. The molecule has 19 heavy (non-hydrogen) atoms. The first-order valence-corrected chi connectivity index (χ1v) is 5.84. The molecule has 6 heteroatoms. The molecule has 98 valence electrons. The maximum atomic E-state index is 11.4. The van der Waals surface area contributed by atoms with Gasteiger partial charge in [-0.3, -0.25) is 9.78 Å². The molecular formula is C13H12ClN3O2. The van der Waals surface area contributed by atoms with E-state index in [9.17, 15) is 4.79 Å². The lowest BCUT2D eigenvalue weighted by molar-refractivity contribution is 0.0998. The van der Waals surface area contributed by atoms with Crippen molar-refractivity contribution in [2.24, 2.45) is 5.73 Å². The van der Waals surface area contributed by atoms with Crippen molar-refractivity contribution in [3.63, 3.8) is 0 Å². The highest BCUT2D eigenvalue weighted by Crippen LogP contribution is 2.34. The highest BCUT2D eigenvalue weighted by atomic mass is 35.5. The number of hydrogen-bond acceptors (Lipinski definition) is 4. The van der Waals surface area contributed by atoms with Gasteiger partial charge in [-0.25, -0.2) is 0 Å². The summed E-state index contributed by atoms with van der Waals surface area (Å²) in [6.45, 7) is 1.86. The Kier molecular flexibility index (Phi) is 3.57. The summed E-state index contributed by atoms with van der Waals surface area (Å²) < 4.78 is 5.56. The van der Waals surface area contributed by atoms with Crippen LogP contribution in [-0.4, -0.2) is 10.9 Å². The second kappa shape index (κ2) is 5.16. The third kappa shape index (κ3) is 2.95. The second-order valence-electron chi connectivity index (χ2n) is 3.98. The van der Waals surface area contributed by atoms with Gasteiger partial charge >= 0.3 is 0 Å². The van der Waals surface area contributed by atoms with Crippen molar-refractivity contribution in [3.8, 4) is 11.5 Å². The predicted molar refractivity (Wildman–Crippen MR) is 73.4 cm³/mol. The lowest BCUT2D eigenvalue weighted by atomic mass is 10.1. The summed E-state index contributed by atoms with van der Waals surface area (Å²) >= 11 is 6.03. The topological polar surface area (TPSA) is 91.2 Å². The smallest absolute Gasteiger partial charge is 0.252 e. The van der Waals surface area contributed by atoms with Crippen molar-refractivity contribution < 1.29 is 9.53 Å². The molecule has 0 unspecified atom stereocenters. The van der Waals surface area contributed by atoms with Crippen LogP contribution < -0.4 is 16.2 Å². The lowest BCUT2D eigenvalue weighted by Gasteiger charge is -2.11. The van der Waals surface area contributed by atoms with E-state index in [-0.39, 0.29) is 16.3 Å². The average Bonchev–Trinajstić information content (AvgIpc) is 2.34. The molecule has 0 radical (unpaired) electrons. The molecule has 0 fully saturated rings. The molecule has 0 saturated heterocycles. The van der Waals surface area contributed by atoms with E-state index in [4.69, 9.17) is 27.8 Å². The van der Waals surface area contributed by atoms with E-state index in [2.05, 4.69) is 4.98 Å². The molecule has 0 bridgehead atoms. The van der Waals surface area contributed by atoms with Crippen LogP contribution in [0.15, 0.2) is 30.5 Å². The van der Waals surface area contributed by atoms with E-state index in [1.165, 1.54) is 18.3 Å². The number of anilines is 1. The molecule has 0 spiro atoms. The molecule has 1 heterocycles. The minimum Gasteiger partial charge on any atom is -0.453 e. The SMILES string of the molecule is Cc1ccc(Oc2c(Cl)cc(N)cc2C(N)=O)cn1. The van der Waals surface area contributed by atoms with E-state index in [1.54, 1.807) is 12.1 Å². The molecule has 0 aliphatic rings. The van der Waals surface area contributed by atoms with Crippen LogP contribution in [0, 0.1) is 6.92 Å². The van der Waals surface area contributed by atoms with Crippen LogP contribution >= 0.6 is 11.6 Å². The van der Waals surface area contributed by atoms with Crippen LogP contribution in [0.5, 0.6) is 11.5 Å². The summed E-state index contributed by atoms with van der Waals surface area (Å²) in [5.41, 5.74) is 12.2. The van der Waals surface area contributed by atoms with Crippen molar-refractivity contribution in [1.82, 2.24) is 4.98 Å². The second-order valence-corrected chi connectivity index (χ2v) is 4.39. The number of hydrogen-bond donors (Lipinski definition) is 2. The first-order chi connectivity index (χ1) is 8.97. The van der Waals surface area contributed by atoms with Gasteiger partial charge < -0.3 is 16.2 Å². The van der Waals surface area contributed by atoms with Gasteiger partial charge in [0.25, 0.3) is 5.91 Å². The van der Waals surface area contributed by atoms with Crippen LogP contribution in [0.25, 0.3) is 0 Å². The Morgan fingerprint density at radius 2 is 2.11 bits per heavy atom. The molecule has 2 rings (SSSR count). The van der Waals surface area contributed by atoms with E-state index in [1.807, 2.05) is 6.92 Å². The number of nitrogens with two attached hydrogens (primary N) is 2. The van der Waals surface area contributed by atoms with Gasteiger partial charge in [0.2, 0.25) is 0 Å². The summed E-state index contributed by atoms with van der Waals surface area (Å²) in [6.07, 6.45) is 1.53. The molecule has 1 aromatic heterocycles. The van der Waals surface area contributed by atoms with Crippen molar-refractivity contribution in [1.29, 1.82) is 0 Å². The Bertz CT molecular complexity index is 627. The van der Waals surface area contributed by atoms with Gasteiger partial charge in [0.15, 0.2) is 5.75 Å². The van der Waals surface area contributed by atoms with Gasteiger partial charge in [-0.05, 0) is 31.2 Å². The van der Waals surface area contributed by atoms with Crippen LogP contribution in [0.4, 0.5) is 5.69 Å². The fourth-order valence-electron chi connectivity index (χ4n) is 1.53. The minimum atomic E-state index is -0.663. The van der Waals surface area contributed by atoms with E-state index in [0.717, 1.165) is 5.69 Å². The molecule has 0 atom stereocenters. The summed E-state index contributed by atoms with van der Waals surface area (Å²) in [6, 6.07) is 6.42. The Hall–Kier alpha value is -2.27. The third-order valence-electron chi connectivity index (χ3n) is 2.44. The van der Waals surface area contributed by atoms with Crippen LogP contribution in [0.2, 0.25) is 5.02 Å². The molecule has 0 aliphatic heterocycles. The number of ether oxygens (including phenoxy) is 1. The standard InChI is InChI=1S/C13H12ClN3O2/c1-7-2-3-9(6-17-7)19-12-10(13(16)18)4-8(15)5-11(12)14/h2-6H,15H2,1H3,(H2,16,18). The number of aryl methyl sites for hydroxylation is 1. The first kappa shape index (κ1) is 13.2. The van der Waals surface area contributed by atoms with Gasteiger partial charge in [0, 0.05) is 11.4 Å². The van der Waals surface area contributed by atoms with Crippen LogP contribution in [0.3, 0.4) is 0 Å². The van der Waals surface area contributed by atoms with Crippen LogP contribution in [0.1, 0.15) is 16.1 Å². The largest absolute Gasteiger partial charge is 0.453 e. The van der Waals surface area contributed by atoms with E-state index >= 15 is 0 Å².